The van der Waals surface area contributed by atoms with Crippen LogP contribution in [-0.2, 0) is 28.4 Å². The normalized spacial score (nSPS) is 12.7. The minimum atomic E-state index is -1.22. The number of hydrogen-bond donors (Lipinski definition) is 1. The number of nitrogens with zero attached hydrogens (tertiary/aromatic N) is 2. The van der Waals surface area contributed by atoms with Crippen molar-refractivity contribution >= 4 is 28.4 Å². The highest BCUT2D eigenvalue weighted by molar-refractivity contribution is 7.84. The highest BCUT2D eigenvalue weighted by Gasteiger charge is 2.14. The van der Waals surface area contributed by atoms with Crippen LogP contribution in [0.25, 0.3) is 0 Å². The molecule has 0 saturated heterocycles. The third-order valence-electron chi connectivity index (χ3n) is 2.10. The highest BCUT2D eigenvalue weighted by atomic mass is 35.5. The van der Waals surface area contributed by atoms with Gasteiger partial charge in [-0.25, -0.2) is 0 Å². The summed E-state index contributed by atoms with van der Waals surface area (Å²) in [4.78, 5) is 10.3. The molecular formula is C9H13ClN2O3S. The van der Waals surface area contributed by atoms with E-state index in [4.69, 9.17) is 16.7 Å². The third kappa shape index (κ3) is 3.31. The number of carboxylic acids is 1. The Labute approximate surface area is 101 Å². The number of aryl methyl sites for hydroxylation is 2. The molecule has 0 amide bonds. The van der Waals surface area contributed by atoms with Gasteiger partial charge in [0, 0.05) is 23.6 Å². The molecule has 0 aliphatic rings. The Bertz CT molecular complexity index is 431. The average Bonchev–Trinajstić information content (AvgIpc) is 2.42. The fourth-order valence-electron chi connectivity index (χ4n) is 1.26. The van der Waals surface area contributed by atoms with E-state index in [1.807, 2.05) is 0 Å². The molecule has 90 valence electrons. The predicted molar refractivity (Wildman–Crippen MR) is 61.9 cm³/mol. The summed E-state index contributed by atoms with van der Waals surface area (Å²) in [5.41, 5.74) is 1.37. The van der Waals surface area contributed by atoms with Crippen LogP contribution in [-0.4, -0.2) is 30.8 Å². The van der Waals surface area contributed by atoms with E-state index in [0.29, 0.717) is 16.4 Å². The van der Waals surface area contributed by atoms with Crippen molar-refractivity contribution in [2.24, 2.45) is 7.05 Å². The Kier molecular flexibility index (Phi) is 4.49. The van der Waals surface area contributed by atoms with Crippen molar-refractivity contribution in [3.8, 4) is 0 Å². The summed E-state index contributed by atoms with van der Waals surface area (Å²) >= 11 is 5.99. The van der Waals surface area contributed by atoms with Crippen LogP contribution in [0.5, 0.6) is 0 Å². The molecule has 0 fully saturated rings. The molecule has 16 heavy (non-hydrogen) atoms. The lowest BCUT2D eigenvalue weighted by Gasteiger charge is -2.02. The summed E-state index contributed by atoms with van der Waals surface area (Å²) in [5.74, 6) is -0.570. The first-order valence-electron chi connectivity index (χ1n) is 4.66. The molecule has 5 nitrogen and oxygen atoms in total. The van der Waals surface area contributed by atoms with E-state index < -0.39 is 16.8 Å². The fraction of sp³-hybridized carbons (Fsp3) is 0.556. The summed E-state index contributed by atoms with van der Waals surface area (Å²) in [6.45, 7) is 1.77. The fourth-order valence-corrected chi connectivity index (χ4v) is 2.75. The van der Waals surface area contributed by atoms with E-state index in [1.54, 1.807) is 18.7 Å². The summed E-state index contributed by atoms with van der Waals surface area (Å²) < 4.78 is 13.2. The standard InChI is InChI=1S/C9H13ClN2O3S/c1-6-9(10)7(12(2)11-6)5-16(15)4-3-8(13)14/h3-5H2,1-2H3,(H,13,14). The smallest absolute Gasteiger partial charge is 0.304 e. The van der Waals surface area contributed by atoms with E-state index >= 15 is 0 Å². The van der Waals surface area contributed by atoms with Crippen LogP contribution < -0.4 is 0 Å². The molecule has 0 aliphatic carbocycles. The van der Waals surface area contributed by atoms with Gasteiger partial charge in [0.25, 0.3) is 0 Å². The molecular weight excluding hydrogens is 252 g/mol. The molecule has 7 heteroatoms. The van der Waals surface area contributed by atoms with Crippen LogP contribution in [0, 0.1) is 6.92 Å². The predicted octanol–water partition coefficient (Wildman–Crippen LogP) is 1.11. The van der Waals surface area contributed by atoms with Crippen molar-refractivity contribution < 1.29 is 14.1 Å². The molecule has 1 aromatic heterocycles. The van der Waals surface area contributed by atoms with Gasteiger partial charge in [0.2, 0.25) is 0 Å². The van der Waals surface area contributed by atoms with Gasteiger partial charge in [0.1, 0.15) is 0 Å². The second kappa shape index (κ2) is 5.45. The van der Waals surface area contributed by atoms with E-state index in [-0.39, 0.29) is 17.9 Å². The number of hydrogen-bond acceptors (Lipinski definition) is 3. The van der Waals surface area contributed by atoms with Gasteiger partial charge >= 0.3 is 5.97 Å². The first-order valence-corrected chi connectivity index (χ1v) is 6.53. The SMILES string of the molecule is Cc1nn(C)c(CS(=O)CCC(=O)O)c1Cl. The Hall–Kier alpha value is -0.880. The second-order valence-electron chi connectivity index (χ2n) is 3.40. The molecule has 1 unspecified atom stereocenters. The largest absolute Gasteiger partial charge is 0.481 e. The van der Waals surface area contributed by atoms with Crippen molar-refractivity contribution in [2.75, 3.05) is 5.75 Å². The minimum Gasteiger partial charge on any atom is -0.481 e. The Morgan fingerprint density at radius 1 is 1.62 bits per heavy atom. The quantitative estimate of drug-likeness (QED) is 0.865. The summed E-state index contributed by atoms with van der Waals surface area (Å²) in [7, 11) is 0.500. The lowest BCUT2D eigenvalue weighted by Crippen LogP contribution is -2.09. The minimum absolute atomic E-state index is 0.0962. The average molecular weight is 265 g/mol. The molecule has 0 bridgehead atoms. The van der Waals surface area contributed by atoms with Crippen LogP contribution in [0.15, 0.2) is 0 Å². The number of aromatic nitrogens is 2. The maximum absolute atomic E-state index is 11.6. The maximum Gasteiger partial charge on any atom is 0.304 e. The van der Waals surface area contributed by atoms with E-state index in [0.717, 1.165) is 0 Å². The molecule has 1 atom stereocenters. The van der Waals surface area contributed by atoms with Crippen molar-refractivity contribution in [1.29, 1.82) is 0 Å². The van der Waals surface area contributed by atoms with Crippen LogP contribution in [0.2, 0.25) is 5.02 Å². The summed E-state index contributed by atoms with van der Waals surface area (Å²) in [5, 5.41) is 13.1. The number of halogens is 1. The maximum atomic E-state index is 11.6. The number of rotatable bonds is 5. The van der Waals surface area contributed by atoms with Gasteiger partial charge in [-0.2, -0.15) is 5.10 Å². The second-order valence-corrected chi connectivity index (χ2v) is 5.36. The molecule has 0 radical (unpaired) electrons. The number of aliphatic carboxylic acids is 1. The molecule has 1 rings (SSSR count). The molecule has 1 heterocycles. The van der Waals surface area contributed by atoms with Crippen molar-refractivity contribution in [3.63, 3.8) is 0 Å². The first kappa shape index (κ1) is 13.2. The zero-order valence-electron chi connectivity index (χ0n) is 9.07. The zero-order valence-corrected chi connectivity index (χ0v) is 10.6. The van der Waals surface area contributed by atoms with Crippen LogP contribution in [0.4, 0.5) is 0 Å². The molecule has 0 spiro atoms. The van der Waals surface area contributed by atoms with Gasteiger partial charge in [0.15, 0.2) is 0 Å². The highest BCUT2D eigenvalue weighted by Crippen LogP contribution is 2.20. The molecule has 0 saturated carbocycles. The molecule has 1 N–H and O–H groups in total. The van der Waals surface area contributed by atoms with Gasteiger partial charge in [0.05, 0.1) is 28.6 Å². The Morgan fingerprint density at radius 2 is 2.25 bits per heavy atom. The van der Waals surface area contributed by atoms with Gasteiger partial charge in [-0.05, 0) is 6.92 Å². The van der Waals surface area contributed by atoms with Crippen LogP contribution >= 0.6 is 11.6 Å². The zero-order chi connectivity index (χ0) is 12.3. The monoisotopic (exact) mass is 264 g/mol. The van der Waals surface area contributed by atoms with Crippen molar-refractivity contribution in [3.05, 3.63) is 16.4 Å². The summed E-state index contributed by atoms with van der Waals surface area (Å²) in [6, 6.07) is 0. The summed E-state index contributed by atoms with van der Waals surface area (Å²) in [6.07, 6.45) is -0.0962. The molecule has 1 aromatic rings. The van der Waals surface area contributed by atoms with E-state index in [9.17, 15) is 9.00 Å². The van der Waals surface area contributed by atoms with Gasteiger partial charge in [-0.3, -0.25) is 13.7 Å². The lowest BCUT2D eigenvalue weighted by atomic mass is 10.4. The van der Waals surface area contributed by atoms with Gasteiger partial charge < -0.3 is 5.11 Å². The lowest BCUT2D eigenvalue weighted by molar-refractivity contribution is -0.136. The van der Waals surface area contributed by atoms with E-state index in [1.165, 1.54) is 0 Å². The van der Waals surface area contributed by atoms with Crippen LogP contribution in [0.1, 0.15) is 17.8 Å². The Morgan fingerprint density at radius 3 is 2.69 bits per heavy atom. The van der Waals surface area contributed by atoms with E-state index in [2.05, 4.69) is 5.10 Å². The molecule has 0 aliphatic heterocycles. The first-order chi connectivity index (χ1) is 7.41. The third-order valence-corrected chi connectivity index (χ3v) is 3.85. The van der Waals surface area contributed by atoms with Crippen molar-refractivity contribution in [2.45, 2.75) is 19.1 Å². The molecule has 0 aromatic carbocycles. The number of carbonyl (C=O) groups is 1. The Balaban J connectivity index is 2.66. The topological polar surface area (TPSA) is 72.2 Å². The van der Waals surface area contributed by atoms with Crippen LogP contribution in [0.3, 0.4) is 0 Å². The van der Waals surface area contributed by atoms with Crippen molar-refractivity contribution in [1.82, 2.24) is 9.78 Å². The number of carboxylic acid groups (broad SMARTS) is 1. The van der Waals surface area contributed by atoms with Gasteiger partial charge in [-0.1, -0.05) is 11.6 Å². The van der Waals surface area contributed by atoms with Gasteiger partial charge in [-0.15, -0.1) is 0 Å².